The molecule has 34 heavy (non-hydrogen) atoms. The number of benzene rings is 3. The fraction of sp³-hybridized carbons (Fsp3) is 0.115. The lowest BCUT2D eigenvalue weighted by atomic mass is 9.95. The molecule has 4 aromatic rings. The average molecular weight is 510 g/mol. The predicted molar refractivity (Wildman–Crippen MR) is 135 cm³/mol. The molecule has 170 valence electrons. The van der Waals surface area contributed by atoms with Crippen molar-refractivity contribution in [1.82, 2.24) is 9.55 Å². The van der Waals surface area contributed by atoms with E-state index in [0.717, 1.165) is 22.4 Å². The number of halogens is 3. The highest BCUT2D eigenvalue weighted by Gasteiger charge is 2.21. The number of imidazole rings is 1. The fourth-order valence-corrected chi connectivity index (χ4v) is 4.09. The van der Waals surface area contributed by atoms with E-state index in [1.807, 2.05) is 35.9 Å². The molecule has 0 aliphatic rings. The summed E-state index contributed by atoms with van der Waals surface area (Å²) >= 11 is 12.5. The van der Waals surface area contributed by atoms with Gasteiger partial charge >= 0.3 is 0 Å². The minimum Gasteiger partial charge on any atom is -0.363 e. The number of aromatic nitrogens is 2. The average Bonchev–Trinajstić information content (AvgIpc) is 3.25. The maximum atomic E-state index is 9.69. The van der Waals surface area contributed by atoms with E-state index in [1.165, 1.54) is 0 Å². The van der Waals surface area contributed by atoms with Crippen LogP contribution in [-0.2, 0) is 18.4 Å². The lowest BCUT2D eigenvalue weighted by Crippen LogP contribution is -2.11. The lowest BCUT2D eigenvalue weighted by Gasteiger charge is -2.20. The van der Waals surface area contributed by atoms with Crippen molar-refractivity contribution in [2.45, 2.75) is 12.7 Å². The first-order valence-corrected chi connectivity index (χ1v) is 10.8. The van der Waals surface area contributed by atoms with Gasteiger partial charge in [-0.15, -0.1) is 12.4 Å². The van der Waals surface area contributed by atoms with Crippen LogP contribution in [0.1, 0.15) is 34.1 Å². The summed E-state index contributed by atoms with van der Waals surface area (Å²) in [6.45, 7) is 0.332. The van der Waals surface area contributed by atoms with Crippen LogP contribution in [0.5, 0.6) is 0 Å². The quantitative estimate of drug-likeness (QED) is 0.284. The lowest BCUT2D eigenvalue weighted by molar-refractivity contribution is 0.0622. The second-order valence-electron chi connectivity index (χ2n) is 7.47. The molecule has 5 nitrogen and oxygen atoms in total. The summed E-state index contributed by atoms with van der Waals surface area (Å²) < 4.78 is 8.25. The summed E-state index contributed by atoms with van der Waals surface area (Å²) in [6.07, 6.45) is 3.04. The number of hydrogen-bond acceptors (Lipinski definition) is 4. The Morgan fingerprint density at radius 2 is 1.74 bits per heavy atom. The standard InChI is InChI=1S/C26H18Cl2N4O.ClH/c1-32-16-31-14-25(32)26(33-15-18-4-2-17(12-29)3-5-18)19-6-7-20(13-30)23(10-19)22-9-8-21(27)11-24(22)28;/h2-11,14,16,26H,15H2,1H3;1H. The van der Waals surface area contributed by atoms with E-state index in [0.29, 0.717) is 33.3 Å². The molecule has 0 radical (unpaired) electrons. The van der Waals surface area contributed by atoms with Crippen LogP contribution < -0.4 is 0 Å². The number of aryl methyl sites for hydroxylation is 1. The van der Waals surface area contributed by atoms with Crippen LogP contribution in [0.3, 0.4) is 0 Å². The van der Waals surface area contributed by atoms with Gasteiger partial charge in [-0.05, 0) is 47.5 Å². The minimum absolute atomic E-state index is 0. The molecule has 0 spiro atoms. The third-order valence-electron chi connectivity index (χ3n) is 5.31. The molecule has 3 aromatic carbocycles. The van der Waals surface area contributed by atoms with Crippen molar-refractivity contribution in [3.05, 3.63) is 111 Å². The third-order valence-corrected chi connectivity index (χ3v) is 5.86. The molecule has 0 saturated carbocycles. The first-order chi connectivity index (χ1) is 16.0. The van der Waals surface area contributed by atoms with Gasteiger partial charge in [-0.2, -0.15) is 10.5 Å². The molecule has 4 rings (SSSR count). The van der Waals surface area contributed by atoms with E-state index in [2.05, 4.69) is 17.1 Å². The maximum absolute atomic E-state index is 9.69. The molecule has 1 aromatic heterocycles. The van der Waals surface area contributed by atoms with Crippen molar-refractivity contribution in [3.8, 4) is 23.3 Å². The van der Waals surface area contributed by atoms with Crippen molar-refractivity contribution in [2.24, 2.45) is 7.05 Å². The highest BCUT2D eigenvalue weighted by Crippen LogP contribution is 2.36. The van der Waals surface area contributed by atoms with Crippen LogP contribution in [0.2, 0.25) is 10.0 Å². The van der Waals surface area contributed by atoms with Gasteiger partial charge in [0.25, 0.3) is 0 Å². The third kappa shape index (κ3) is 5.42. The maximum Gasteiger partial charge on any atom is 0.124 e. The Balaban J connectivity index is 0.00000324. The summed E-state index contributed by atoms with van der Waals surface area (Å²) in [5.74, 6) is 0. The van der Waals surface area contributed by atoms with Crippen LogP contribution in [0.25, 0.3) is 11.1 Å². The Morgan fingerprint density at radius 3 is 2.35 bits per heavy atom. The second-order valence-corrected chi connectivity index (χ2v) is 8.31. The second kappa shape index (κ2) is 11.2. The number of ether oxygens (including phenoxy) is 1. The molecule has 0 N–H and O–H groups in total. The fourth-order valence-electron chi connectivity index (χ4n) is 3.58. The van der Waals surface area contributed by atoms with Gasteiger partial charge in [-0.25, -0.2) is 4.98 Å². The molecule has 0 aliphatic carbocycles. The summed E-state index contributed by atoms with van der Waals surface area (Å²) in [6, 6.07) is 22.4. The molecule has 0 bridgehead atoms. The van der Waals surface area contributed by atoms with Gasteiger partial charge in [0, 0.05) is 28.2 Å². The Bertz CT molecular complexity index is 1380. The zero-order chi connectivity index (χ0) is 23.4. The molecule has 0 fully saturated rings. The van der Waals surface area contributed by atoms with E-state index < -0.39 is 6.10 Å². The van der Waals surface area contributed by atoms with Crippen molar-refractivity contribution < 1.29 is 4.74 Å². The van der Waals surface area contributed by atoms with Crippen LogP contribution in [0.4, 0.5) is 0 Å². The molecule has 0 amide bonds. The monoisotopic (exact) mass is 508 g/mol. The van der Waals surface area contributed by atoms with Crippen molar-refractivity contribution in [3.63, 3.8) is 0 Å². The molecule has 1 atom stereocenters. The zero-order valence-electron chi connectivity index (χ0n) is 18.1. The zero-order valence-corrected chi connectivity index (χ0v) is 20.4. The van der Waals surface area contributed by atoms with Gasteiger partial charge in [0.1, 0.15) is 6.10 Å². The predicted octanol–water partition coefficient (Wildman–Crippen LogP) is 6.87. The topological polar surface area (TPSA) is 74.6 Å². The van der Waals surface area contributed by atoms with Gasteiger partial charge in [-0.3, -0.25) is 0 Å². The molecule has 0 aliphatic heterocycles. The van der Waals surface area contributed by atoms with Gasteiger partial charge in [0.05, 0.1) is 48.1 Å². The van der Waals surface area contributed by atoms with Crippen LogP contribution in [0.15, 0.2) is 73.2 Å². The van der Waals surface area contributed by atoms with E-state index in [4.69, 9.17) is 33.2 Å². The number of hydrogen-bond donors (Lipinski definition) is 0. The van der Waals surface area contributed by atoms with E-state index in [-0.39, 0.29) is 12.4 Å². The first kappa shape index (κ1) is 25.3. The molecule has 8 heteroatoms. The van der Waals surface area contributed by atoms with Gasteiger partial charge in [-0.1, -0.05) is 47.5 Å². The molecule has 0 saturated heterocycles. The van der Waals surface area contributed by atoms with Gasteiger partial charge in [0.2, 0.25) is 0 Å². The molecular weight excluding hydrogens is 491 g/mol. The van der Waals surface area contributed by atoms with Gasteiger partial charge in [0.15, 0.2) is 0 Å². The summed E-state index contributed by atoms with van der Waals surface area (Å²) in [7, 11) is 1.90. The van der Waals surface area contributed by atoms with E-state index >= 15 is 0 Å². The number of rotatable bonds is 6. The van der Waals surface area contributed by atoms with Crippen molar-refractivity contribution in [2.75, 3.05) is 0 Å². The van der Waals surface area contributed by atoms with Gasteiger partial charge < -0.3 is 9.30 Å². The molecular formula is C26H19Cl3N4O. The summed E-state index contributed by atoms with van der Waals surface area (Å²) in [4.78, 5) is 4.24. The van der Waals surface area contributed by atoms with Crippen molar-refractivity contribution >= 4 is 35.6 Å². The Labute approximate surface area is 214 Å². The molecule has 1 heterocycles. The normalized spacial score (nSPS) is 11.2. The highest BCUT2D eigenvalue weighted by atomic mass is 35.5. The minimum atomic E-state index is -0.439. The smallest absolute Gasteiger partial charge is 0.124 e. The van der Waals surface area contributed by atoms with E-state index in [1.54, 1.807) is 48.9 Å². The Kier molecular flexibility index (Phi) is 8.34. The highest BCUT2D eigenvalue weighted by molar-refractivity contribution is 6.36. The SMILES string of the molecule is Cl.Cn1cncc1C(OCc1ccc(C#N)cc1)c1ccc(C#N)c(-c2ccc(Cl)cc2Cl)c1. The first-order valence-electron chi connectivity index (χ1n) is 10.1. The number of nitriles is 2. The van der Waals surface area contributed by atoms with Crippen LogP contribution >= 0.6 is 35.6 Å². The number of nitrogens with zero attached hydrogens (tertiary/aromatic N) is 4. The summed E-state index contributed by atoms with van der Waals surface area (Å²) in [5, 5.41) is 19.7. The van der Waals surface area contributed by atoms with Crippen LogP contribution in [0, 0.1) is 22.7 Å². The van der Waals surface area contributed by atoms with Crippen LogP contribution in [-0.4, -0.2) is 9.55 Å². The molecule has 1 unspecified atom stereocenters. The Morgan fingerprint density at radius 1 is 0.971 bits per heavy atom. The summed E-state index contributed by atoms with van der Waals surface area (Å²) in [5.41, 5.74) is 5.17. The largest absolute Gasteiger partial charge is 0.363 e. The van der Waals surface area contributed by atoms with E-state index in [9.17, 15) is 5.26 Å². The van der Waals surface area contributed by atoms with Crippen molar-refractivity contribution in [1.29, 1.82) is 10.5 Å². The Hall–Kier alpha value is -3.32.